The molecule has 1 saturated carbocycles. The molecule has 2 aromatic rings. The van der Waals surface area contributed by atoms with E-state index < -0.39 is 0 Å². The fourth-order valence-electron chi connectivity index (χ4n) is 3.55. The molecule has 100 valence electrons. The Labute approximate surface area is 111 Å². The average Bonchev–Trinajstić information content (AvgIpc) is 3.10. The van der Waals surface area contributed by atoms with E-state index in [0.717, 1.165) is 29.7 Å². The first-order chi connectivity index (χ1) is 9.33. The number of nitrogens with one attached hydrogen (secondary N) is 1. The van der Waals surface area contributed by atoms with Crippen LogP contribution in [0.5, 0.6) is 0 Å². The van der Waals surface area contributed by atoms with E-state index >= 15 is 0 Å². The van der Waals surface area contributed by atoms with E-state index in [-0.39, 0.29) is 6.04 Å². The number of nitrogens with zero attached hydrogens (tertiary/aromatic N) is 2. The van der Waals surface area contributed by atoms with Gasteiger partial charge < -0.3 is 14.3 Å². The van der Waals surface area contributed by atoms with Crippen molar-refractivity contribution in [2.24, 2.45) is 11.8 Å². The number of aryl methyl sites for hydroxylation is 1. The molecule has 0 amide bonds. The lowest BCUT2D eigenvalue weighted by atomic mass is 9.94. The summed E-state index contributed by atoms with van der Waals surface area (Å²) in [5.41, 5.74) is 0.913. The maximum absolute atomic E-state index is 5.47. The summed E-state index contributed by atoms with van der Waals surface area (Å²) >= 11 is 0. The van der Waals surface area contributed by atoms with Gasteiger partial charge in [0.1, 0.15) is 5.76 Å². The molecular weight excluding hydrogens is 242 g/mol. The van der Waals surface area contributed by atoms with Crippen LogP contribution in [0.4, 0.5) is 0 Å². The Morgan fingerprint density at radius 1 is 1.37 bits per heavy atom. The molecule has 5 nitrogen and oxygen atoms in total. The zero-order chi connectivity index (χ0) is 12.8. The Kier molecular flexibility index (Phi) is 2.48. The predicted molar refractivity (Wildman–Crippen MR) is 68.3 cm³/mol. The summed E-state index contributed by atoms with van der Waals surface area (Å²) in [5, 5.41) is 7.62. The normalized spacial score (nSPS) is 29.8. The van der Waals surface area contributed by atoms with Crippen LogP contribution in [-0.4, -0.2) is 16.7 Å². The minimum absolute atomic E-state index is 0.237. The van der Waals surface area contributed by atoms with E-state index in [4.69, 9.17) is 8.94 Å². The number of furan rings is 1. The molecule has 1 aliphatic carbocycles. The summed E-state index contributed by atoms with van der Waals surface area (Å²) in [4.78, 5) is 4.56. The van der Waals surface area contributed by atoms with Crippen molar-refractivity contribution in [2.75, 3.05) is 6.54 Å². The molecule has 0 aromatic carbocycles. The summed E-state index contributed by atoms with van der Waals surface area (Å²) in [7, 11) is 0. The SMILES string of the molecule is Cc1occc1-c1noc(C2NCC3CCCC32)n1. The monoisotopic (exact) mass is 259 g/mol. The van der Waals surface area contributed by atoms with E-state index in [9.17, 15) is 0 Å². The first-order valence-corrected chi connectivity index (χ1v) is 6.94. The fourth-order valence-corrected chi connectivity index (χ4v) is 3.55. The number of rotatable bonds is 2. The molecular formula is C14H17N3O2. The van der Waals surface area contributed by atoms with Gasteiger partial charge in [-0.25, -0.2) is 0 Å². The maximum atomic E-state index is 5.47. The molecule has 0 radical (unpaired) electrons. The van der Waals surface area contributed by atoms with E-state index in [1.165, 1.54) is 19.3 Å². The van der Waals surface area contributed by atoms with Crippen LogP contribution in [0, 0.1) is 18.8 Å². The highest BCUT2D eigenvalue weighted by atomic mass is 16.5. The lowest BCUT2D eigenvalue weighted by molar-refractivity contribution is 0.302. The Hall–Kier alpha value is -1.62. The van der Waals surface area contributed by atoms with Crippen molar-refractivity contribution in [2.45, 2.75) is 32.2 Å². The Morgan fingerprint density at radius 2 is 2.32 bits per heavy atom. The van der Waals surface area contributed by atoms with Gasteiger partial charge in [0.2, 0.25) is 11.7 Å². The van der Waals surface area contributed by atoms with Crippen LogP contribution in [0.15, 0.2) is 21.3 Å². The second-order valence-corrected chi connectivity index (χ2v) is 5.59. The summed E-state index contributed by atoms with van der Waals surface area (Å²) in [6.07, 6.45) is 5.58. The fraction of sp³-hybridized carbons (Fsp3) is 0.571. The molecule has 19 heavy (non-hydrogen) atoms. The second-order valence-electron chi connectivity index (χ2n) is 5.59. The minimum Gasteiger partial charge on any atom is -0.469 e. The van der Waals surface area contributed by atoms with Gasteiger partial charge in [0, 0.05) is 0 Å². The first kappa shape index (κ1) is 11.2. The van der Waals surface area contributed by atoms with Gasteiger partial charge in [-0.05, 0) is 44.2 Å². The van der Waals surface area contributed by atoms with Gasteiger partial charge in [-0.1, -0.05) is 11.6 Å². The quantitative estimate of drug-likeness (QED) is 0.898. The average molecular weight is 259 g/mol. The molecule has 2 fully saturated rings. The molecule has 0 bridgehead atoms. The number of hydrogen-bond acceptors (Lipinski definition) is 5. The molecule has 3 unspecified atom stereocenters. The highest BCUT2D eigenvalue weighted by molar-refractivity contribution is 5.56. The standard InChI is InChI=1S/C14H17N3O2/c1-8-10(5-6-18-8)13-16-14(19-17-13)12-11-4-2-3-9(11)7-15-12/h5-6,9,11-12,15H,2-4,7H2,1H3. The van der Waals surface area contributed by atoms with Crippen molar-refractivity contribution in [1.82, 2.24) is 15.5 Å². The topological polar surface area (TPSA) is 64.1 Å². The van der Waals surface area contributed by atoms with Crippen LogP contribution in [0.1, 0.15) is 37.0 Å². The van der Waals surface area contributed by atoms with E-state index in [1.807, 2.05) is 13.0 Å². The highest BCUT2D eigenvalue weighted by Gasteiger charge is 2.42. The third-order valence-corrected chi connectivity index (χ3v) is 4.55. The van der Waals surface area contributed by atoms with Crippen molar-refractivity contribution in [1.29, 1.82) is 0 Å². The van der Waals surface area contributed by atoms with Gasteiger partial charge >= 0.3 is 0 Å². The number of hydrogen-bond donors (Lipinski definition) is 1. The zero-order valence-corrected chi connectivity index (χ0v) is 10.9. The molecule has 0 spiro atoms. The van der Waals surface area contributed by atoms with Crippen molar-refractivity contribution in [3.05, 3.63) is 24.0 Å². The van der Waals surface area contributed by atoms with E-state index in [0.29, 0.717) is 11.7 Å². The number of fused-ring (bicyclic) bond motifs is 1. The van der Waals surface area contributed by atoms with Crippen LogP contribution in [0.2, 0.25) is 0 Å². The second kappa shape index (κ2) is 4.20. The van der Waals surface area contributed by atoms with E-state index in [1.54, 1.807) is 6.26 Å². The molecule has 3 heterocycles. The van der Waals surface area contributed by atoms with Crippen LogP contribution >= 0.6 is 0 Å². The largest absolute Gasteiger partial charge is 0.469 e. The molecule has 2 aromatic heterocycles. The van der Waals surface area contributed by atoms with Crippen molar-refractivity contribution >= 4 is 0 Å². The van der Waals surface area contributed by atoms with E-state index in [2.05, 4.69) is 15.5 Å². The van der Waals surface area contributed by atoms with Gasteiger partial charge in [-0.2, -0.15) is 4.98 Å². The maximum Gasteiger partial charge on any atom is 0.244 e. The molecule has 5 heteroatoms. The molecule has 3 atom stereocenters. The summed E-state index contributed by atoms with van der Waals surface area (Å²) in [6.45, 7) is 2.99. The predicted octanol–water partition coefficient (Wildman–Crippen LogP) is 2.70. The molecule has 1 saturated heterocycles. The molecule has 2 aliphatic rings. The highest BCUT2D eigenvalue weighted by Crippen LogP contribution is 2.44. The summed E-state index contributed by atoms with van der Waals surface area (Å²) in [6, 6.07) is 2.12. The van der Waals surface area contributed by atoms with Gasteiger partial charge in [0.05, 0.1) is 17.9 Å². The lowest BCUT2D eigenvalue weighted by Crippen LogP contribution is -2.18. The number of aromatic nitrogens is 2. The van der Waals surface area contributed by atoms with Crippen molar-refractivity contribution in [3.8, 4) is 11.4 Å². The van der Waals surface area contributed by atoms with Crippen LogP contribution in [0.3, 0.4) is 0 Å². The molecule has 4 rings (SSSR count). The smallest absolute Gasteiger partial charge is 0.244 e. The Balaban J connectivity index is 1.63. The minimum atomic E-state index is 0.237. The Bertz CT molecular complexity index is 589. The third-order valence-electron chi connectivity index (χ3n) is 4.55. The van der Waals surface area contributed by atoms with Gasteiger partial charge in [0.25, 0.3) is 0 Å². The van der Waals surface area contributed by atoms with Gasteiger partial charge in [-0.15, -0.1) is 0 Å². The Morgan fingerprint density at radius 3 is 3.16 bits per heavy atom. The summed E-state index contributed by atoms with van der Waals surface area (Å²) < 4.78 is 10.8. The molecule has 1 aliphatic heterocycles. The zero-order valence-electron chi connectivity index (χ0n) is 10.9. The van der Waals surface area contributed by atoms with Crippen LogP contribution in [0.25, 0.3) is 11.4 Å². The summed E-state index contributed by atoms with van der Waals surface area (Å²) in [5.74, 6) is 3.63. The van der Waals surface area contributed by atoms with Gasteiger partial charge in [-0.3, -0.25) is 0 Å². The van der Waals surface area contributed by atoms with Crippen molar-refractivity contribution in [3.63, 3.8) is 0 Å². The molecule has 1 N–H and O–H groups in total. The van der Waals surface area contributed by atoms with Crippen LogP contribution in [-0.2, 0) is 0 Å². The van der Waals surface area contributed by atoms with Crippen molar-refractivity contribution < 1.29 is 8.94 Å². The van der Waals surface area contributed by atoms with Gasteiger partial charge in [0.15, 0.2) is 0 Å². The lowest BCUT2D eigenvalue weighted by Gasteiger charge is -2.13. The van der Waals surface area contributed by atoms with Crippen LogP contribution < -0.4 is 5.32 Å². The third kappa shape index (κ3) is 1.72. The first-order valence-electron chi connectivity index (χ1n) is 6.94.